The molecule has 0 bridgehead atoms. The Hall–Kier alpha value is -1.40. The summed E-state index contributed by atoms with van der Waals surface area (Å²) in [6, 6.07) is 9.72. The molecule has 1 heterocycles. The standard InChI is InChI=1S/C17H19F2NOS2/c1-11-4-6-12(7-5-11)17(2,3)10-20-15(21)14-13(8-9-22-14)23-16(18)19/h4-9,16H,10H2,1-3H3,(H,20,21). The Bertz CT molecular complexity index is 665. The Morgan fingerprint density at radius 2 is 1.91 bits per heavy atom. The van der Waals surface area contributed by atoms with Crippen LogP contribution in [0.25, 0.3) is 0 Å². The molecule has 0 aliphatic heterocycles. The van der Waals surface area contributed by atoms with Crippen molar-refractivity contribution in [2.75, 3.05) is 6.54 Å². The maximum absolute atomic E-state index is 12.5. The Morgan fingerprint density at radius 1 is 1.26 bits per heavy atom. The monoisotopic (exact) mass is 355 g/mol. The molecule has 1 N–H and O–H groups in total. The van der Waals surface area contributed by atoms with Gasteiger partial charge in [0.1, 0.15) is 4.88 Å². The molecule has 0 unspecified atom stereocenters. The maximum atomic E-state index is 12.5. The highest BCUT2D eigenvalue weighted by Gasteiger charge is 2.23. The summed E-state index contributed by atoms with van der Waals surface area (Å²) in [4.78, 5) is 13.0. The first-order valence-corrected chi connectivity index (χ1v) is 8.93. The molecule has 23 heavy (non-hydrogen) atoms. The molecule has 124 valence electrons. The minimum absolute atomic E-state index is 0.239. The molecular formula is C17H19F2NOS2. The van der Waals surface area contributed by atoms with Crippen LogP contribution in [0.5, 0.6) is 0 Å². The highest BCUT2D eigenvalue weighted by molar-refractivity contribution is 7.99. The van der Waals surface area contributed by atoms with Crippen LogP contribution < -0.4 is 5.32 Å². The molecule has 1 aromatic heterocycles. The van der Waals surface area contributed by atoms with Crippen molar-refractivity contribution in [3.8, 4) is 0 Å². The first-order valence-electron chi connectivity index (χ1n) is 7.17. The molecule has 0 saturated heterocycles. The summed E-state index contributed by atoms with van der Waals surface area (Å²) in [5, 5.41) is 4.52. The number of thiophene rings is 1. The van der Waals surface area contributed by atoms with E-state index in [2.05, 4.69) is 5.32 Å². The average molecular weight is 355 g/mol. The summed E-state index contributed by atoms with van der Waals surface area (Å²) < 4.78 is 25.0. The van der Waals surface area contributed by atoms with Gasteiger partial charge in [0.2, 0.25) is 0 Å². The van der Waals surface area contributed by atoms with E-state index >= 15 is 0 Å². The zero-order valence-electron chi connectivity index (χ0n) is 13.2. The van der Waals surface area contributed by atoms with E-state index in [1.54, 1.807) is 11.4 Å². The largest absolute Gasteiger partial charge is 0.350 e. The van der Waals surface area contributed by atoms with Gasteiger partial charge in [-0.15, -0.1) is 11.3 Å². The van der Waals surface area contributed by atoms with Gasteiger partial charge in [0.05, 0.1) is 0 Å². The van der Waals surface area contributed by atoms with E-state index in [1.807, 2.05) is 45.0 Å². The fourth-order valence-corrected chi connectivity index (χ4v) is 3.76. The first-order chi connectivity index (χ1) is 10.8. The number of thioether (sulfide) groups is 1. The summed E-state index contributed by atoms with van der Waals surface area (Å²) in [5.74, 6) is -2.83. The van der Waals surface area contributed by atoms with Gasteiger partial charge in [-0.25, -0.2) is 0 Å². The third-order valence-electron chi connectivity index (χ3n) is 3.58. The molecule has 0 aliphatic carbocycles. The van der Waals surface area contributed by atoms with Gasteiger partial charge in [-0.2, -0.15) is 8.78 Å². The summed E-state index contributed by atoms with van der Waals surface area (Å²) in [6.45, 7) is 6.55. The molecule has 1 aromatic carbocycles. The van der Waals surface area contributed by atoms with Crippen LogP contribution in [-0.4, -0.2) is 18.2 Å². The van der Waals surface area contributed by atoms with Crippen molar-refractivity contribution < 1.29 is 13.6 Å². The molecule has 0 aliphatic rings. The van der Waals surface area contributed by atoms with Crippen LogP contribution in [0.3, 0.4) is 0 Å². The Labute approximate surface area is 143 Å². The smallest absolute Gasteiger partial charge is 0.288 e. The molecule has 0 fully saturated rings. The predicted octanol–water partition coefficient (Wildman–Crippen LogP) is 5.08. The van der Waals surface area contributed by atoms with Gasteiger partial charge < -0.3 is 5.32 Å². The predicted molar refractivity (Wildman–Crippen MR) is 92.7 cm³/mol. The lowest BCUT2D eigenvalue weighted by Crippen LogP contribution is -2.36. The zero-order valence-corrected chi connectivity index (χ0v) is 14.9. The normalized spacial score (nSPS) is 11.7. The van der Waals surface area contributed by atoms with E-state index in [0.29, 0.717) is 28.1 Å². The van der Waals surface area contributed by atoms with E-state index < -0.39 is 5.76 Å². The van der Waals surface area contributed by atoms with Crippen LogP contribution in [0.1, 0.15) is 34.6 Å². The Morgan fingerprint density at radius 3 is 2.52 bits per heavy atom. The molecule has 2 rings (SSSR count). The van der Waals surface area contributed by atoms with Crippen molar-refractivity contribution in [2.24, 2.45) is 0 Å². The third-order valence-corrected chi connectivity index (χ3v) is 5.39. The van der Waals surface area contributed by atoms with E-state index in [0.717, 1.165) is 5.56 Å². The van der Waals surface area contributed by atoms with Crippen LogP contribution in [0.4, 0.5) is 8.78 Å². The lowest BCUT2D eigenvalue weighted by molar-refractivity contribution is 0.0947. The molecular weight excluding hydrogens is 336 g/mol. The van der Waals surface area contributed by atoms with Crippen LogP contribution >= 0.6 is 23.1 Å². The van der Waals surface area contributed by atoms with E-state index in [-0.39, 0.29) is 11.3 Å². The molecule has 6 heteroatoms. The average Bonchev–Trinajstić information content (AvgIpc) is 2.92. The molecule has 0 radical (unpaired) electrons. The second-order valence-corrected chi connectivity index (χ2v) is 7.87. The highest BCUT2D eigenvalue weighted by Crippen LogP contribution is 2.32. The second kappa shape index (κ2) is 7.45. The topological polar surface area (TPSA) is 29.1 Å². The minimum atomic E-state index is -2.53. The number of nitrogens with one attached hydrogen (secondary N) is 1. The van der Waals surface area contributed by atoms with E-state index in [1.165, 1.54) is 16.9 Å². The molecule has 2 aromatic rings. The van der Waals surface area contributed by atoms with Crippen molar-refractivity contribution in [2.45, 2.75) is 36.8 Å². The van der Waals surface area contributed by atoms with Crippen LogP contribution in [0.15, 0.2) is 40.6 Å². The van der Waals surface area contributed by atoms with Gasteiger partial charge in [-0.05, 0) is 23.9 Å². The number of aryl methyl sites for hydroxylation is 1. The lowest BCUT2D eigenvalue weighted by atomic mass is 9.84. The number of rotatable bonds is 6. The minimum Gasteiger partial charge on any atom is -0.350 e. The summed E-state index contributed by atoms with van der Waals surface area (Å²) in [5.41, 5.74) is 2.06. The fraction of sp³-hybridized carbons (Fsp3) is 0.353. The SMILES string of the molecule is Cc1ccc(C(C)(C)CNC(=O)c2sccc2SC(F)F)cc1. The maximum Gasteiger partial charge on any atom is 0.288 e. The summed E-state index contributed by atoms with van der Waals surface area (Å²) in [6.07, 6.45) is 0. The van der Waals surface area contributed by atoms with Gasteiger partial charge in [0, 0.05) is 16.9 Å². The first kappa shape index (κ1) is 17.9. The van der Waals surface area contributed by atoms with Crippen molar-refractivity contribution in [1.82, 2.24) is 5.32 Å². The van der Waals surface area contributed by atoms with Gasteiger partial charge in [-0.1, -0.05) is 55.4 Å². The number of carbonyl (C=O) groups is 1. The second-order valence-electron chi connectivity index (χ2n) is 5.93. The molecule has 0 atom stereocenters. The number of halogens is 2. The Balaban J connectivity index is 2.03. The number of alkyl halides is 2. The molecule has 1 amide bonds. The van der Waals surface area contributed by atoms with Crippen LogP contribution in [-0.2, 0) is 5.41 Å². The summed E-state index contributed by atoms with van der Waals surface area (Å²) >= 11 is 1.59. The van der Waals surface area contributed by atoms with Gasteiger partial charge >= 0.3 is 0 Å². The number of hydrogen-bond donors (Lipinski definition) is 1. The highest BCUT2D eigenvalue weighted by atomic mass is 32.2. The lowest BCUT2D eigenvalue weighted by Gasteiger charge is -2.25. The zero-order chi connectivity index (χ0) is 17.0. The third kappa shape index (κ3) is 4.78. The van der Waals surface area contributed by atoms with E-state index in [4.69, 9.17) is 0 Å². The van der Waals surface area contributed by atoms with Gasteiger partial charge in [0.15, 0.2) is 0 Å². The van der Waals surface area contributed by atoms with E-state index in [9.17, 15) is 13.6 Å². The number of amides is 1. The van der Waals surface area contributed by atoms with Crippen molar-refractivity contribution in [1.29, 1.82) is 0 Å². The molecule has 0 spiro atoms. The fourth-order valence-electron chi connectivity index (χ4n) is 2.14. The molecule has 2 nitrogen and oxygen atoms in total. The summed E-state index contributed by atoms with van der Waals surface area (Å²) in [7, 11) is 0. The Kier molecular flexibility index (Phi) is 5.81. The number of carbonyl (C=O) groups excluding carboxylic acids is 1. The van der Waals surface area contributed by atoms with Crippen molar-refractivity contribution >= 4 is 29.0 Å². The van der Waals surface area contributed by atoms with Crippen molar-refractivity contribution in [3.63, 3.8) is 0 Å². The number of hydrogen-bond acceptors (Lipinski definition) is 3. The molecule has 0 saturated carbocycles. The number of benzene rings is 1. The van der Waals surface area contributed by atoms with Gasteiger partial charge in [0.25, 0.3) is 11.7 Å². The quantitative estimate of drug-likeness (QED) is 0.732. The van der Waals surface area contributed by atoms with Crippen molar-refractivity contribution in [3.05, 3.63) is 51.7 Å². The van der Waals surface area contributed by atoms with Crippen LogP contribution in [0.2, 0.25) is 0 Å². The van der Waals surface area contributed by atoms with Gasteiger partial charge in [-0.3, -0.25) is 4.79 Å². The van der Waals surface area contributed by atoms with Crippen LogP contribution in [0, 0.1) is 6.92 Å².